The van der Waals surface area contributed by atoms with Crippen molar-refractivity contribution in [2.75, 3.05) is 40.1 Å². The first kappa shape index (κ1) is 33.6. The Balaban J connectivity index is 1.63. The number of rotatable bonds is 16. The van der Waals surface area contributed by atoms with Crippen molar-refractivity contribution >= 4 is 30.1 Å². The zero-order chi connectivity index (χ0) is 30.1. The number of methoxy groups -OCH3 is 1. The lowest BCUT2D eigenvalue weighted by Crippen LogP contribution is -2.37. The molecule has 1 aromatic carbocycles. The van der Waals surface area contributed by atoms with Gasteiger partial charge in [-0.3, -0.25) is 9.59 Å². The molecule has 1 aliphatic rings. The lowest BCUT2D eigenvalue weighted by atomic mass is 9.79. The summed E-state index contributed by atoms with van der Waals surface area (Å²) in [5, 5.41) is 2.55. The van der Waals surface area contributed by atoms with E-state index in [1.807, 2.05) is 19.1 Å². The number of nitrogens with one attached hydrogen (secondary N) is 1. The van der Waals surface area contributed by atoms with Crippen LogP contribution in [0.15, 0.2) is 30.3 Å². The fourth-order valence-corrected chi connectivity index (χ4v) is 4.04. The van der Waals surface area contributed by atoms with Crippen LogP contribution in [0, 0.1) is 11.3 Å². The third-order valence-corrected chi connectivity index (χ3v) is 6.71. The molecule has 3 unspecified atom stereocenters. The van der Waals surface area contributed by atoms with Gasteiger partial charge in [-0.15, -0.1) is 0 Å². The van der Waals surface area contributed by atoms with Crippen molar-refractivity contribution < 1.29 is 47.6 Å². The van der Waals surface area contributed by atoms with Gasteiger partial charge in [0.25, 0.3) is 0 Å². The first-order chi connectivity index (χ1) is 19.7. The molecule has 1 saturated heterocycles. The molecule has 0 saturated carbocycles. The lowest BCUT2D eigenvalue weighted by Gasteiger charge is -2.28. The van der Waals surface area contributed by atoms with E-state index in [1.54, 1.807) is 32.1 Å². The summed E-state index contributed by atoms with van der Waals surface area (Å²) >= 11 is 0. The minimum absolute atomic E-state index is 0.0131. The molecule has 0 radical (unpaired) electrons. The molecule has 41 heavy (non-hydrogen) atoms. The van der Waals surface area contributed by atoms with Crippen molar-refractivity contribution in [1.82, 2.24) is 5.32 Å². The van der Waals surface area contributed by atoms with Crippen molar-refractivity contribution in [1.29, 1.82) is 0 Å². The van der Waals surface area contributed by atoms with Crippen molar-refractivity contribution in [3.8, 4) is 5.75 Å². The molecule has 1 aliphatic heterocycles. The summed E-state index contributed by atoms with van der Waals surface area (Å²) < 4.78 is 31.5. The summed E-state index contributed by atoms with van der Waals surface area (Å²) in [6.07, 6.45) is 5.64. The Morgan fingerprint density at radius 2 is 1.85 bits per heavy atom. The van der Waals surface area contributed by atoms with Crippen molar-refractivity contribution in [3.63, 3.8) is 0 Å². The van der Waals surface area contributed by atoms with Gasteiger partial charge in [0.2, 0.25) is 6.29 Å². The Morgan fingerprint density at radius 3 is 2.51 bits per heavy atom. The van der Waals surface area contributed by atoms with Crippen molar-refractivity contribution in [2.45, 2.75) is 65.6 Å². The Bertz CT molecular complexity index is 1000. The van der Waals surface area contributed by atoms with Crippen LogP contribution >= 0.6 is 0 Å². The first-order valence-electron chi connectivity index (χ1n) is 14.1. The Hall–Kier alpha value is -3.60. The Morgan fingerprint density at radius 1 is 1.10 bits per heavy atom. The number of hydrogen-bond donors (Lipinski definition) is 1. The maximum atomic E-state index is 12.8. The summed E-state index contributed by atoms with van der Waals surface area (Å²) in [6.45, 7) is 6.54. The fourth-order valence-electron chi connectivity index (χ4n) is 4.04. The van der Waals surface area contributed by atoms with Gasteiger partial charge in [0.1, 0.15) is 12.4 Å². The molecule has 1 amide bonds. The van der Waals surface area contributed by atoms with Crippen LogP contribution in [0.25, 0.3) is 6.08 Å². The minimum atomic E-state index is -0.879. The van der Waals surface area contributed by atoms with Crippen LogP contribution in [-0.2, 0) is 38.1 Å². The van der Waals surface area contributed by atoms with Crippen LogP contribution < -0.4 is 10.1 Å². The SMILES string of the molecule is CCC(C)(CC(C)C(=O)OCCCOc1ccc(/C=C/C(=O)OC)cc1)C(=O)OCCNC(=O)OC1CCCCO1. The smallest absolute Gasteiger partial charge is 0.409 e. The summed E-state index contributed by atoms with van der Waals surface area (Å²) in [5.74, 6) is -1.12. The van der Waals surface area contributed by atoms with Crippen LogP contribution in [0.1, 0.15) is 64.9 Å². The molecule has 2 rings (SSSR count). The van der Waals surface area contributed by atoms with E-state index in [0.29, 0.717) is 38.2 Å². The quantitative estimate of drug-likeness (QED) is 0.130. The molecule has 1 aromatic rings. The van der Waals surface area contributed by atoms with Gasteiger partial charge in [-0.05, 0) is 56.4 Å². The van der Waals surface area contributed by atoms with Gasteiger partial charge in [0, 0.05) is 18.9 Å². The van der Waals surface area contributed by atoms with E-state index in [2.05, 4.69) is 10.1 Å². The number of carbonyl (C=O) groups excluding carboxylic acids is 4. The zero-order valence-corrected chi connectivity index (χ0v) is 24.5. The molecule has 1 N–H and O–H groups in total. The fraction of sp³-hybridized carbons (Fsp3) is 0.600. The normalized spacial score (nSPS) is 17.1. The van der Waals surface area contributed by atoms with Gasteiger partial charge in [-0.2, -0.15) is 0 Å². The predicted molar refractivity (Wildman–Crippen MR) is 150 cm³/mol. The third-order valence-electron chi connectivity index (χ3n) is 6.71. The van der Waals surface area contributed by atoms with Crippen LogP contribution in [0.3, 0.4) is 0 Å². The molecule has 3 atom stereocenters. The zero-order valence-electron chi connectivity index (χ0n) is 24.5. The minimum Gasteiger partial charge on any atom is -0.493 e. The number of alkyl carbamates (subject to hydrolysis) is 1. The topological polar surface area (TPSA) is 136 Å². The summed E-state index contributed by atoms with van der Waals surface area (Å²) in [7, 11) is 1.32. The number of esters is 3. The summed E-state index contributed by atoms with van der Waals surface area (Å²) in [6, 6.07) is 7.18. The second kappa shape index (κ2) is 18.0. The lowest BCUT2D eigenvalue weighted by molar-refractivity contribution is -0.158. The van der Waals surface area contributed by atoms with E-state index < -0.39 is 41.6 Å². The average Bonchev–Trinajstić information content (AvgIpc) is 2.98. The summed E-state index contributed by atoms with van der Waals surface area (Å²) in [5.41, 5.74) is -0.0497. The van der Waals surface area contributed by atoms with Gasteiger partial charge in [-0.1, -0.05) is 26.0 Å². The molecule has 1 fully saturated rings. The number of amides is 1. The molecular formula is C30H43NO10. The molecule has 11 heteroatoms. The van der Waals surface area contributed by atoms with E-state index >= 15 is 0 Å². The summed E-state index contributed by atoms with van der Waals surface area (Å²) in [4.78, 5) is 48.3. The van der Waals surface area contributed by atoms with E-state index in [1.165, 1.54) is 13.2 Å². The molecule has 0 spiro atoms. The maximum absolute atomic E-state index is 12.8. The maximum Gasteiger partial charge on any atom is 0.409 e. The van der Waals surface area contributed by atoms with Crippen molar-refractivity contribution in [3.05, 3.63) is 35.9 Å². The predicted octanol–water partition coefficient (Wildman–Crippen LogP) is 4.42. The molecular weight excluding hydrogens is 534 g/mol. The number of benzene rings is 1. The average molecular weight is 578 g/mol. The van der Waals surface area contributed by atoms with E-state index in [9.17, 15) is 19.2 Å². The second-order valence-corrected chi connectivity index (χ2v) is 10.1. The highest BCUT2D eigenvalue weighted by molar-refractivity contribution is 5.86. The van der Waals surface area contributed by atoms with Crippen LogP contribution in [-0.4, -0.2) is 70.4 Å². The molecule has 11 nitrogen and oxygen atoms in total. The highest BCUT2D eigenvalue weighted by Crippen LogP contribution is 2.32. The van der Waals surface area contributed by atoms with Crippen LogP contribution in [0.4, 0.5) is 4.79 Å². The van der Waals surface area contributed by atoms with Gasteiger partial charge < -0.3 is 33.7 Å². The highest BCUT2D eigenvalue weighted by Gasteiger charge is 2.36. The third kappa shape index (κ3) is 12.6. The van der Waals surface area contributed by atoms with Crippen LogP contribution in [0.2, 0.25) is 0 Å². The van der Waals surface area contributed by atoms with Gasteiger partial charge in [0.05, 0.1) is 44.8 Å². The Labute approximate surface area is 241 Å². The first-order valence-corrected chi connectivity index (χ1v) is 14.1. The molecule has 0 aromatic heterocycles. The van der Waals surface area contributed by atoms with Crippen LogP contribution in [0.5, 0.6) is 5.75 Å². The van der Waals surface area contributed by atoms with Gasteiger partial charge >= 0.3 is 24.0 Å². The number of carbonyl (C=O) groups is 4. The van der Waals surface area contributed by atoms with Crippen molar-refractivity contribution in [2.24, 2.45) is 11.3 Å². The standard InChI is InChI=1S/C30H43NO10/c1-5-30(3,28(34)40-20-16-31-29(35)41-26-9-6-7-17-38-26)21-22(2)27(33)39-19-8-18-37-24-13-10-23(11-14-24)12-15-25(32)36-4/h10-15,22,26H,5-9,16-21H2,1-4H3,(H,31,35)/b15-12+. The number of ether oxygens (including phenoxy) is 6. The monoisotopic (exact) mass is 577 g/mol. The number of hydrogen-bond acceptors (Lipinski definition) is 10. The van der Waals surface area contributed by atoms with E-state index in [4.69, 9.17) is 23.7 Å². The molecule has 1 heterocycles. The second-order valence-electron chi connectivity index (χ2n) is 10.1. The molecule has 0 bridgehead atoms. The largest absolute Gasteiger partial charge is 0.493 e. The van der Waals surface area contributed by atoms with Gasteiger partial charge in [0.15, 0.2) is 0 Å². The van der Waals surface area contributed by atoms with Gasteiger partial charge in [-0.25, -0.2) is 9.59 Å². The van der Waals surface area contributed by atoms with E-state index in [-0.39, 0.29) is 26.2 Å². The molecule has 0 aliphatic carbocycles. The Kier molecular flexibility index (Phi) is 14.7. The molecule has 228 valence electrons. The highest BCUT2D eigenvalue weighted by atomic mass is 16.7. The van der Waals surface area contributed by atoms with E-state index in [0.717, 1.165) is 18.4 Å².